The van der Waals surface area contributed by atoms with E-state index in [4.69, 9.17) is 4.74 Å². The number of rotatable bonds is 6. The number of carbonyl (C=O) groups is 1. The Balaban J connectivity index is 2.22. The standard InChI is InChI=1S/C18H26O2/c1-3-4-14-20-17(19)18(2,16-12-8-9-13-16)15-10-6-5-7-11-15/h5-7,10-11,16H,3-4,8-9,12-14H2,1-2H3. The molecule has 1 aliphatic carbocycles. The maximum atomic E-state index is 12.7. The topological polar surface area (TPSA) is 26.3 Å². The third-order valence-electron chi connectivity index (χ3n) is 4.70. The van der Waals surface area contributed by atoms with Gasteiger partial charge >= 0.3 is 5.97 Å². The second-order valence-corrected chi connectivity index (χ2v) is 6.04. The maximum absolute atomic E-state index is 12.7. The van der Waals surface area contributed by atoms with Crippen LogP contribution in [-0.4, -0.2) is 12.6 Å². The van der Waals surface area contributed by atoms with Crippen molar-refractivity contribution >= 4 is 5.97 Å². The summed E-state index contributed by atoms with van der Waals surface area (Å²) in [6.07, 6.45) is 6.73. The molecule has 2 nitrogen and oxygen atoms in total. The molecule has 0 heterocycles. The first-order valence-corrected chi connectivity index (χ1v) is 7.92. The van der Waals surface area contributed by atoms with Crippen LogP contribution in [0.2, 0.25) is 0 Å². The van der Waals surface area contributed by atoms with E-state index in [0.717, 1.165) is 31.2 Å². The zero-order chi connectivity index (χ0) is 14.4. The monoisotopic (exact) mass is 274 g/mol. The van der Waals surface area contributed by atoms with Crippen molar-refractivity contribution in [3.05, 3.63) is 35.9 Å². The summed E-state index contributed by atoms with van der Waals surface area (Å²) < 4.78 is 5.58. The van der Waals surface area contributed by atoms with Crippen molar-refractivity contribution in [2.24, 2.45) is 5.92 Å². The van der Waals surface area contributed by atoms with Crippen LogP contribution in [0.4, 0.5) is 0 Å². The number of hydrogen-bond donors (Lipinski definition) is 0. The lowest BCUT2D eigenvalue weighted by Crippen LogP contribution is -2.40. The minimum atomic E-state index is -0.481. The number of benzene rings is 1. The number of hydrogen-bond acceptors (Lipinski definition) is 2. The molecule has 1 saturated carbocycles. The highest BCUT2D eigenvalue weighted by Crippen LogP contribution is 2.43. The van der Waals surface area contributed by atoms with Gasteiger partial charge in [-0.1, -0.05) is 56.5 Å². The third-order valence-corrected chi connectivity index (χ3v) is 4.70. The van der Waals surface area contributed by atoms with Crippen molar-refractivity contribution in [3.63, 3.8) is 0 Å². The van der Waals surface area contributed by atoms with Gasteiger partial charge in [0.05, 0.1) is 12.0 Å². The fourth-order valence-electron chi connectivity index (χ4n) is 3.27. The highest BCUT2D eigenvalue weighted by molar-refractivity contribution is 5.83. The molecule has 0 amide bonds. The Labute approximate surface area is 122 Å². The molecule has 0 aromatic heterocycles. The zero-order valence-corrected chi connectivity index (χ0v) is 12.7. The fraction of sp³-hybridized carbons (Fsp3) is 0.611. The number of unbranched alkanes of at least 4 members (excludes halogenated alkanes) is 1. The molecular weight excluding hydrogens is 248 g/mol. The molecule has 2 heteroatoms. The van der Waals surface area contributed by atoms with E-state index in [1.807, 2.05) is 18.2 Å². The van der Waals surface area contributed by atoms with Crippen molar-refractivity contribution in [1.29, 1.82) is 0 Å². The van der Waals surface area contributed by atoms with Crippen molar-refractivity contribution in [2.45, 2.75) is 57.8 Å². The first-order valence-electron chi connectivity index (χ1n) is 7.92. The van der Waals surface area contributed by atoms with Gasteiger partial charge in [0, 0.05) is 0 Å². The van der Waals surface area contributed by atoms with Crippen molar-refractivity contribution in [1.82, 2.24) is 0 Å². The quantitative estimate of drug-likeness (QED) is 0.565. The Bertz CT molecular complexity index is 420. The molecule has 1 aliphatic rings. The summed E-state index contributed by atoms with van der Waals surface area (Å²) in [6.45, 7) is 4.73. The first-order chi connectivity index (χ1) is 9.69. The van der Waals surface area contributed by atoms with E-state index in [1.54, 1.807) is 0 Å². The zero-order valence-electron chi connectivity index (χ0n) is 12.7. The maximum Gasteiger partial charge on any atom is 0.316 e. The Morgan fingerprint density at radius 1 is 1.25 bits per heavy atom. The molecule has 0 spiro atoms. The number of esters is 1. The summed E-state index contributed by atoms with van der Waals surface area (Å²) in [5, 5.41) is 0. The summed E-state index contributed by atoms with van der Waals surface area (Å²) in [5.41, 5.74) is 0.624. The molecule has 2 rings (SSSR count). The second kappa shape index (κ2) is 6.92. The summed E-state index contributed by atoms with van der Waals surface area (Å²) in [7, 11) is 0. The lowest BCUT2D eigenvalue weighted by molar-refractivity contribution is -0.152. The summed E-state index contributed by atoms with van der Waals surface area (Å²) >= 11 is 0. The van der Waals surface area contributed by atoms with Crippen LogP contribution in [0.15, 0.2) is 30.3 Å². The van der Waals surface area contributed by atoms with E-state index in [1.165, 1.54) is 12.8 Å². The molecule has 0 bridgehead atoms. The second-order valence-electron chi connectivity index (χ2n) is 6.04. The highest BCUT2D eigenvalue weighted by Gasteiger charge is 2.44. The van der Waals surface area contributed by atoms with Crippen LogP contribution in [0.5, 0.6) is 0 Å². The van der Waals surface area contributed by atoms with E-state index in [-0.39, 0.29) is 5.97 Å². The van der Waals surface area contributed by atoms with Crippen LogP contribution in [0.3, 0.4) is 0 Å². The summed E-state index contributed by atoms with van der Waals surface area (Å²) in [4.78, 5) is 12.7. The molecule has 0 saturated heterocycles. The van der Waals surface area contributed by atoms with Crippen LogP contribution in [0.25, 0.3) is 0 Å². The van der Waals surface area contributed by atoms with Crippen molar-refractivity contribution < 1.29 is 9.53 Å². The SMILES string of the molecule is CCCCOC(=O)C(C)(c1ccccc1)C1CCCC1. The van der Waals surface area contributed by atoms with E-state index >= 15 is 0 Å². The van der Waals surface area contributed by atoms with Gasteiger partial charge < -0.3 is 4.74 Å². The van der Waals surface area contributed by atoms with Gasteiger partial charge in [0.2, 0.25) is 0 Å². The molecule has 1 atom stereocenters. The smallest absolute Gasteiger partial charge is 0.316 e. The number of ether oxygens (including phenoxy) is 1. The normalized spacial score (nSPS) is 18.7. The largest absolute Gasteiger partial charge is 0.465 e. The van der Waals surface area contributed by atoms with E-state index in [9.17, 15) is 4.79 Å². The molecule has 110 valence electrons. The van der Waals surface area contributed by atoms with Crippen LogP contribution in [0.1, 0.15) is 57.9 Å². The van der Waals surface area contributed by atoms with E-state index in [2.05, 4.69) is 26.0 Å². The summed E-state index contributed by atoms with van der Waals surface area (Å²) in [6, 6.07) is 10.2. The molecule has 1 fully saturated rings. The van der Waals surface area contributed by atoms with E-state index < -0.39 is 5.41 Å². The minimum Gasteiger partial charge on any atom is -0.465 e. The highest BCUT2D eigenvalue weighted by atomic mass is 16.5. The summed E-state index contributed by atoms with van der Waals surface area (Å²) in [5.74, 6) is 0.378. The predicted molar refractivity (Wildman–Crippen MR) is 81.6 cm³/mol. The average Bonchev–Trinajstić information content (AvgIpc) is 3.02. The molecule has 1 aromatic rings. The van der Waals surface area contributed by atoms with Crippen molar-refractivity contribution in [3.8, 4) is 0 Å². The Morgan fingerprint density at radius 3 is 2.50 bits per heavy atom. The Kier molecular flexibility index (Phi) is 5.22. The van der Waals surface area contributed by atoms with Crippen LogP contribution in [-0.2, 0) is 14.9 Å². The van der Waals surface area contributed by atoms with Gasteiger partial charge in [-0.05, 0) is 37.7 Å². The van der Waals surface area contributed by atoms with Gasteiger partial charge in [0.15, 0.2) is 0 Å². The lowest BCUT2D eigenvalue weighted by atomic mass is 9.71. The molecule has 0 aliphatic heterocycles. The van der Waals surface area contributed by atoms with E-state index in [0.29, 0.717) is 12.5 Å². The van der Waals surface area contributed by atoms with Crippen LogP contribution >= 0.6 is 0 Å². The Morgan fingerprint density at radius 2 is 1.90 bits per heavy atom. The molecule has 20 heavy (non-hydrogen) atoms. The minimum absolute atomic E-state index is 0.0379. The number of carbonyl (C=O) groups excluding carboxylic acids is 1. The van der Waals surface area contributed by atoms with Crippen molar-refractivity contribution in [2.75, 3.05) is 6.61 Å². The first kappa shape index (κ1) is 15.1. The fourth-order valence-corrected chi connectivity index (χ4v) is 3.27. The molecular formula is C18H26O2. The molecule has 0 N–H and O–H groups in total. The predicted octanol–water partition coefficient (Wildman–Crippen LogP) is 4.48. The van der Waals surface area contributed by atoms with Gasteiger partial charge in [-0.15, -0.1) is 0 Å². The average molecular weight is 274 g/mol. The van der Waals surface area contributed by atoms with Gasteiger partial charge in [0.1, 0.15) is 0 Å². The van der Waals surface area contributed by atoms with Gasteiger partial charge in [-0.3, -0.25) is 4.79 Å². The molecule has 1 unspecified atom stereocenters. The van der Waals surface area contributed by atoms with Crippen LogP contribution in [0, 0.1) is 5.92 Å². The molecule has 0 radical (unpaired) electrons. The molecule has 1 aromatic carbocycles. The Hall–Kier alpha value is -1.31. The van der Waals surface area contributed by atoms with Crippen LogP contribution < -0.4 is 0 Å². The van der Waals surface area contributed by atoms with Gasteiger partial charge in [-0.2, -0.15) is 0 Å². The van der Waals surface area contributed by atoms with Gasteiger partial charge in [-0.25, -0.2) is 0 Å². The van der Waals surface area contributed by atoms with Gasteiger partial charge in [0.25, 0.3) is 0 Å². The third kappa shape index (κ3) is 3.05. The lowest BCUT2D eigenvalue weighted by Gasteiger charge is -2.33.